The van der Waals surface area contributed by atoms with Crippen molar-refractivity contribution in [3.63, 3.8) is 0 Å². The predicted octanol–water partition coefficient (Wildman–Crippen LogP) is 2.11. The lowest BCUT2D eigenvalue weighted by Gasteiger charge is -2.34. The van der Waals surface area contributed by atoms with Crippen molar-refractivity contribution in [2.45, 2.75) is 37.8 Å². The van der Waals surface area contributed by atoms with Gasteiger partial charge in [0.2, 0.25) is 5.91 Å². The van der Waals surface area contributed by atoms with E-state index in [1.165, 1.54) is 0 Å². The lowest BCUT2D eigenvalue weighted by molar-refractivity contribution is -0.121. The van der Waals surface area contributed by atoms with Gasteiger partial charge in [0.25, 0.3) is 0 Å². The molecule has 1 saturated heterocycles. The first-order valence-corrected chi connectivity index (χ1v) is 7.86. The number of nitrogens with zero attached hydrogens (tertiary/aromatic N) is 2. The maximum Gasteiger partial charge on any atom is 0.228 e. The second-order valence-corrected chi connectivity index (χ2v) is 6.07. The van der Waals surface area contributed by atoms with Crippen molar-refractivity contribution in [1.29, 1.82) is 0 Å². The van der Waals surface area contributed by atoms with E-state index in [9.17, 15) is 4.79 Å². The van der Waals surface area contributed by atoms with Gasteiger partial charge in [-0.25, -0.2) is 4.98 Å². The van der Waals surface area contributed by atoms with E-state index < -0.39 is 0 Å². The van der Waals surface area contributed by atoms with Crippen LogP contribution in [0.1, 0.15) is 26.7 Å². The molecule has 1 aromatic rings. The molecule has 0 saturated carbocycles. The molecule has 20 heavy (non-hydrogen) atoms. The minimum absolute atomic E-state index is 0.0632. The van der Waals surface area contributed by atoms with Gasteiger partial charge in [-0.15, -0.1) is 0 Å². The number of carbonyl (C=O) groups is 1. The minimum Gasteiger partial charge on any atom is -0.326 e. The van der Waals surface area contributed by atoms with Crippen LogP contribution in [0, 0.1) is 5.92 Å². The Kier molecular flexibility index (Phi) is 5.39. The van der Waals surface area contributed by atoms with E-state index in [2.05, 4.69) is 29.0 Å². The van der Waals surface area contributed by atoms with Crippen LogP contribution >= 0.6 is 11.9 Å². The Morgan fingerprint density at radius 1 is 1.60 bits per heavy atom. The lowest BCUT2D eigenvalue weighted by Crippen LogP contribution is -2.43. The maximum absolute atomic E-state index is 12.3. The molecule has 0 radical (unpaired) electrons. The van der Waals surface area contributed by atoms with E-state index in [4.69, 9.17) is 5.14 Å². The molecular weight excluding hydrogens is 272 g/mol. The molecule has 0 bridgehead atoms. The summed E-state index contributed by atoms with van der Waals surface area (Å²) in [5.41, 5.74) is 0.764. The molecule has 2 rings (SSSR count). The fourth-order valence-corrected chi connectivity index (χ4v) is 2.80. The number of nitrogens with two attached hydrogens (primary N) is 1. The Bertz CT molecular complexity index is 466. The molecule has 1 unspecified atom stereocenters. The summed E-state index contributed by atoms with van der Waals surface area (Å²) >= 11 is 1.08. The predicted molar refractivity (Wildman–Crippen MR) is 82.3 cm³/mol. The maximum atomic E-state index is 12.3. The molecule has 0 spiro atoms. The first-order valence-electron chi connectivity index (χ1n) is 6.98. The standard InChI is InChI=1S/C14H22N4OS/c1-10(2)18-7-3-4-11(9-18)14(19)17-12-5-6-16-13(8-12)20-15/h5-6,8,10-11H,3-4,7,9,15H2,1-2H3,(H,16,17,19). The van der Waals surface area contributed by atoms with Crippen molar-refractivity contribution in [3.8, 4) is 0 Å². The van der Waals surface area contributed by atoms with E-state index in [0.29, 0.717) is 11.1 Å². The summed E-state index contributed by atoms with van der Waals surface area (Å²) in [6, 6.07) is 4.08. The molecule has 6 heteroatoms. The number of likely N-dealkylation sites (tertiary alicyclic amines) is 1. The van der Waals surface area contributed by atoms with Crippen molar-refractivity contribution >= 4 is 23.5 Å². The molecule has 1 fully saturated rings. The van der Waals surface area contributed by atoms with Gasteiger partial charge in [0.15, 0.2) is 0 Å². The topological polar surface area (TPSA) is 71.2 Å². The van der Waals surface area contributed by atoms with Crippen LogP contribution in [0.2, 0.25) is 0 Å². The molecule has 1 atom stereocenters. The summed E-state index contributed by atoms with van der Waals surface area (Å²) in [5, 5.41) is 9.15. The number of amides is 1. The van der Waals surface area contributed by atoms with Crippen molar-refractivity contribution in [2.75, 3.05) is 18.4 Å². The van der Waals surface area contributed by atoms with Crippen LogP contribution < -0.4 is 10.5 Å². The number of carbonyl (C=O) groups excluding carboxylic acids is 1. The summed E-state index contributed by atoms with van der Waals surface area (Å²) in [5.74, 6) is 0.155. The normalized spacial score (nSPS) is 20.1. The molecular formula is C14H22N4OS. The third kappa shape index (κ3) is 3.94. The van der Waals surface area contributed by atoms with E-state index in [-0.39, 0.29) is 11.8 Å². The molecule has 0 aliphatic carbocycles. The molecule has 5 nitrogen and oxygen atoms in total. The highest BCUT2D eigenvalue weighted by molar-refractivity contribution is 7.97. The Morgan fingerprint density at radius 2 is 2.40 bits per heavy atom. The molecule has 2 heterocycles. The highest BCUT2D eigenvalue weighted by Crippen LogP contribution is 2.21. The number of aromatic nitrogens is 1. The largest absolute Gasteiger partial charge is 0.326 e. The quantitative estimate of drug-likeness (QED) is 0.832. The Hall–Kier alpha value is -1.11. The minimum atomic E-state index is 0.0632. The second-order valence-electron chi connectivity index (χ2n) is 5.42. The van der Waals surface area contributed by atoms with Crippen molar-refractivity contribution in [2.24, 2.45) is 11.1 Å². The van der Waals surface area contributed by atoms with Gasteiger partial charge < -0.3 is 10.2 Å². The van der Waals surface area contributed by atoms with Crippen LogP contribution in [0.4, 0.5) is 5.69 Å². The number of anilines is 1. The fraction of sp³-hybridized carbons (Fsp3) is 0.571. The highest BCUT2D eigenvalue weighted by atomic mass is 32.2. The van der Waals surface area contributed by atoms with Gasteiger partial charge >= 0.3 is 0 Å². The van der Waals surface area contributed by atoms with Gasteiger partial charge in [0.05, 0.1) is 5.92 Å². The van der Waals surface area contributed by atoms with Crippen LogP contribution in [0.5, 0.6) is 0 Å². The Morgan fingerprint density at radius 3 is 3.10 bits per heavy atom. The van der Waals surface area contributed by atoms with Gasteiger partial charge in [-0.3, -0.25) is 9.93 Å². The molecule has 1 amide bonds. The van der Waals surface area contributed by atoms with Gasteiger partial charge in [0, 0.05) is 24.5 Å². The number of piperidine rings is 1. The second kappa shape index (κ2) is 7.06. The number of nitrogens with one attached hydrogen (secondary N) is 1. The van der Waals surface area contributed by atoms with Gasteiger partial charge in [-0.1, -0.05) is 0 Å². The summed E-state index contributed by atoms with van der Waals surface area (Å²) in [4.78, 5) is 18.8. The smallest absolute Gasteiger partial charge is 0.228 e. The molecule has 1 aliphatic rings. The average Bonchev–Trinajstić information content (AvgIpc) is 2.47. The first kappa shape index (κ1) is 15.3. The fourth-order valence-electron chi connectivity index (χ4n) is 2.49. The monoisotopic (exact) mass is 294 g/mol. The lowest BCUT2D eigenvalue weighted by atomic mass is 9.96. The third-order valence-electron chi connectivity index (χ3n) is 3.68. The number of hydrogen-bond donors (Lipinski definition) is 2. The Balaban J connectivity index is 1.97. The average molecular weight is 294 g/mol. The van der Waals surface area contributed by atoms with Crippen molar-refractivity contribution < 1.29 is 4.79 Å². The van der Waals surface area contributed by atoms with Crippen LogP contribution in [0.25, 0.3) is 0 Å². The third-order valence-corrected chi connectivity index (χ3v) is 4.14. The van der Waals surface area contributed by atoms with Crippen molar-refractivity contribution in [1.82, 2.24) is 9.88 Å². The van der Waals surface area contributed by atoms with Gasteiger partial charge in [-0.2, -0.15) is 0 Å². The zero-order valence-electron chi connectivity index (χ0n) is 12.0. The molecule has 0 aromatic carbocycles. The molecule has 3 N–H and O–H groups in total. The summed E-state index contributed by atoms with van der Waals surface area (Å²) in [6.07, 6.45) is 3.70. The molecule has 1 aliphatic heterocycles. The van der Waals surface area contributed by atoms with Crippen molar-refractivity contribution in [3.05, 3.63) is 18.3 Å². The molecule has 110 valence electrons. The summed E-state index contributed by atoms with van der Waals surface area (Å²) in [7, 11) is 0. The van der Waals surface area contributed by atoms with E-state index in [1.807, 2.05) is 0 Å². The van der Waals surface area contributed by atoms with Crippen LogP contribution in [-0.4, -0.2) is 34.9 Å². The summed E-state index contributed by atoms with van der Waals surface area (Å²) in [6.45, 7) is 6.28. The molecule has 1 aromatic heterocycles. The zero-order chi connectivity index (χ0) is 14.5. The van der Waals surface area contributed by atoms with E-state index in [0.717, 1.165) is 43.6 Å². The van der Waals surface area contributed by atoms with E-state index >= 15 is 0 Å². The number of rotatable bonds is 4. The summed E-state index contributed by atoms with van der Waals surface area (Å²) < 4.78 is 0. The SMILES string of the molecule is CC(C)N1CCCC(C(=O)Nc2ccnc(SN)c2)C1. The number of hydrogen-bond acceptors (Lipinski definition) is 5. The first-order chi connectivity index (χ1) is 9.60. The van der Waals surface area contributed by atoms with Crippen LogP contribution in [-0.2, 0) is 4.79 Å². The van der Waals surface area contributed by atoms with Crippen LogP contribution in [0.15, 0.2) is 23.4 Å². The van der Waals surface area contributed by atoms with E-state index in [1.54, 1.807) is 18.3 Å². The highest BCUT2D eigenvalue weighted by Gasteiger charge is 2.26. The number of pyridine rings is 1. The van der Waals surface area contributed by atoms with Gasteiger partial charge in [0.1, 0.15) is 5.03 Å². The Labute approximate surface area is 124 Å². The zero-order valence-corrected chi connectivity index (χ0v) is 12.8. The van der Waals surface area contributed by atoms with Gasteiger partial charge in [-0.05, 0) is 57.3 Å². The van der Waals surface area contributed by atoms with Crippen LogP contribution in [0.3, 0.4) is 0 Å².